The standard InChI is InChI=1S/C22H20N2O2/c1-24-20-13-6-5-12-19(20)22(25)23-21(24)17-10-7-11-18(14-17)26-15-16-8-3-2-4-9-16/h2-14,21H,15H2,1H3,(H,23,25). The lowest BCUT2D eigenvalue weighted by atomic mass is 10.0. The summed E-state index contributed by atoms with van der Waals surface area (Å²) >= 11 is 0. The van der Waals surface area contributed by atoms with E-state index < -0.39 is 0 Å². The zero-order chi connectivity index (χ0) is 17.9. The Balaban J connectivity index is 1.56. The summed E-state index contributed by atoms with van der Waals surface area (Å²) in [6.07, 6.45) is -0.224. The quantitative estimate of drug-likeness (QED) is 0.773. The lowest BCUT2D eigenvalue weighted by Gasteiger charge is -2.36. The molecule has 0 aromatic heterocycles. The van der Waals surface area contributed by atoms with Crippen LogP contribution < -0.4 is 15.0 Å². The van der Waals surface area contributed by atoms with Crippen LogP contribution in [0.4, 0.5) is 5.69 Å². The summed E-state index contributed by atoms with van der Waals surface area (Å²) < 4.78 is 5.92. The summed E-state index contributed by atoms with van der Waals surface area (Å²) in [6, 6.07) is 25.6. The van der Waals surface area contributed by atoms with E-state index in [2.05, 4.69) is 10.2 Å². The fraction of sp³-hybridized carbons (Fsp3) is 0.136. The van der Waals surface area contributed by atoms with Crippen molar-refractivity contribution in [2.24, 2.45) is 0 Å². The molecule has 0 bridgehead atoms. The Kier molecular flexibility index (Phi) is 4.32. The zero-order valence-corrected chi connectivity index (χ0v) is 14.6. The van der Waals surface area contributed by atoms with Gasteiger partial charge >= 0.3 is 0 Å². The van der Waals surface area contributed by atoms with Crippen molar-refractivity contribution in [1.29, 1.82) is 0 Å². The Labute approximate surface area is 153 Å². The lowest BCUT2D eigenvalue weighted by molar-refractivity contribution is 0.0928. The number of para-hydroxylation sites is 1. The molecule has 1 heterocycles. The summed E-state index contributed by atoms with van der Waals surface area (Å²) in [5, 5.41) is 3.07. The van der Waals surface area contributed by atoms with E-state index in [4.69, 9.17) is 4.74 Å². The van der Waals surface area contributed by atoms with Crippen molar-refractivity contribution >= 4 is 11.6 Å². The van der Waals surface area contributed by atoms with Crippen LogP contribution in [-0.4, -0.2) is 13.0 Å². The van der Waals surface area contributed by atoms with E-state index in [9.17, 15) is 4.79 Å². The molecule has 1 aliphatic heterocycles. The highest BCUT2D eigenvalue weighted by Gasteiger charge is 2.29. The maximum atomic E-state index is 12.4. The molecule has 0 radical (unpaired) electrons. The van der Waals surface area contributed by atoms with Gasteiger partial charge < -0.3 is 15.0 Å². The fourth-order valence-corrected chi connectivity index (χ4v) is 3.23. The predicted octanol–water partition coefficient (Wildman–Crippen LogP) is 4.14. The van der Waals surface area contributed by atoms with Gasteiger partial charge in [-0.15, -0.1) is 0 Å². The smallest absolute Gasteiger partial charge is 0.255 e. The van der Waals surface area contributed by atoms with Gasteiger partial charge in [0.2, 0.25) is 0 Å². The largest absolute Gasteiger partial charge is 0.489 e. The Morgan fingerprint density at radius 2 is 1.73 bits per heavy atom. The van der Waals surface area contributed by atoms with Crippen LogP contribution in [0.2, 0.25) is 0 Å². The number of benzene rings is 3. The predicted molar refractivity (Wildman–Crippen MR) is 102 cm³/mol. The average Bonchev–Trinajstić information content (AvgIpc) is 2.70. The number of ether oxygens (including phenoxy) is 1. The van der Waals surface area contributed by atoms with Crippen molar-refractivity contribution in [2.75, 3.05) is 11.9 Å². The highest BCUT2D eigenvalue weighted by Crippen LogP contribution is 2.32. The maximum absolute atomic E-state index is 12.4. The molecule has 1 aliphatic rings. The summed E-state index contributed by atoms with van der Waals surface area (Å²) in [5.74, 6) is 0.729. The number of amides is 1. The van der Waals surface area contributed by atoms with Gasteiger partial charge in [-0.3, -0.25) is 4.79 Å². The molecule has 130 valence electrons. The van der Waals surface area contributed by atoms with E-state index in [1.54, 1.807) is 0 Å². The Morgan fingerprint density at radius 3 is 2.58 bits per heavy atom. The minimum Gasteiger partial charge on any atom is -0.489 e. The molecule has 1 atom stereocenters. The number of nitrogens with one attached hydrogen (secondary N) is 1. The van der Waals surface area contributed by atoms with Crippen LogP contribution in [0.15, 0.2) is 78.9 Å². The Bertz CT molecular complexity index is 924. The molecule has 1 unspecified atom stereocenters. The third-order valence-corrected chi connectivity index (χ3v) is 4.61. The van der Waals surface area contributed by atoms with Gasteiger partial charge in [-0.1, -0.05) is 54.6 Å². The summed E-state index contributed by atoms with van der Waals surface area (Å²) in [7, 11) is 1.99. The van der Waals surface area contributed by atoms with Crippen LogP contribution in [-0.2, 0) is 6.61 Å². The van der Waals surface area contributed by atoms with Gasteiger partial charge in [0.1, 0.15) is 18.5 Å². The Hall–Kier alpha value is -3.27. The number of carbonyl (C=O) groups excluding carboxylic acids is 1. The van der Waals surface area contributed by atoms with Gasteiger partial charge in [-0.25, -0.2) is 0 Å². The molecule has 0 fully saturated rings. The minimum atomic E-state index is -0.224. The number of hydrogen-bond donors (Lipinski definition) is 1. The number of nitrogens with zero attached hydrogens (tertiary/aromatic N) is 1. The second-order valence-corrected chi connectivity index (χ2v) is 6.35. The molecule has 26 heavy (non-hydrogen) atoms. The molecule has 0 spiro atoms. The van der Waals surface area contributed by atoms with Gasteiger partial charge in [0.15, 0.2) is 0 Å². The SMILES string of the molecule is CN1c2ccccc2C(=O)NC1c1cccc(OCc2ccccc2)c1. The molecular formula is C22H20N2O2. The molecule has 4 rings (SSSR count). The zero-order valence-electron chi connectivity index (χ0n) is 14.6. The molecule has 1 N–H and O–H groups in total. The van der Waals surface area contributed by atoms with Crippen molar-refractivity contribution in [3.63, 3.8) is 0 Å². The van der Waals surface area contributed by atoms with E-state index in [0.29, 0.717) is 12.2 Å². The van der Waals surface area contributed by atoms with Crippen LogP contribution in [0.5, 0.6) is 5.75 Å². The first-order valence-electron chi connectivity index (χ1n) is 8.62. The lowest BCUT2D eigenvalue weighted by Crippen LogP contribution is -2.44. The van der Waals surface area contributed by atoms with Crippen LogP contribution in [0.1, 0.15) is 27.7 Å². The second-order valence-electron chi connectivity index (χ2n) is 6.35. The number of hydrogen-bond acceptors (Lipinski definition) is 3. The van der Waals surface area contributed by atoms with Crippen LogP contribution >= 0.6 is 0 Å². The van der Waals surface area contributed by atoms with Crippen LogP contribution in [0.25, 0.3) is 0 Å². The van der Waals surface area contributed by atoms with Crippen molar-refractivity contribution in [3.05, 3.63) is 95.6 Å². The first-order chi connectivity index (χ1) is 12.7. The van der Waals surface area contributed by atoms with Crippen molar-refractivity contribution in [2.45, 2.75) is 12.8 Å². The topological polar surface area (TPSA) is 41.6 Å². The van der Waals surface area contributed by atoms with Gasteiger partial charge in [0, 0.05) is 7.05 Å². The first kappa shape index (κ1) is 16.2. The first-order valence-corrected chi connectivity index (χ1v) is 8.62. The molecule has 4 heteroatoms. The van der Waals surface area contributed by atoms with E-state index in [0.717, 1.165) is 22.6 Å². The molecular weight excluding hydrogens is 324 g/mol. The molecule has 0 saturated carbocycles. The van der Waals surface area contributed by atoms with Crippen molar-refractivity contribution in [3.8, 4) is 5.75 Å². The highest BCUT2D eigenvalue weighted by molar-refractivity contribution is 6.01. The molecule has 3 aromatic rings. The van der Waals surface area contributed by atoms with E-state index in [1.807, 2.05) is 85.9 Å². The van der Waals surface area contributed by atoms with Gasteiger partial charge in [0.25, 0.3) is 5.91 Å². The van der Waals surface area contributed by atoms with Gasteiger partial charge in [0.05, 0.1) is 11.3 Å². The molecule has 0 aliphatic carbocycles. The number of anilines is 1. The number of fused-ring (bicyclic) bond motifs is 1. The summed E-state index contributed by atoms with van der Waals surface area (Å²) in [6.45, 7) is 0.514. The van der Waals surface area contributed by atoms with Crippen LogP contribution in [0, 0.1) is 0 Å². The summed E-state index contributed by atoms with van der Waals surface area (Å²) in [5.41, 5.74) is 3.73. The van der Waals surface area contributed by atoms with E-state index >= 15 is 0 Å². The number of rotatable bonds is 4. The highest BCUT2D eigenvalue weighted by atomic mass is 16.5. The molecule has 4 nitrogen and oxygen atoms in total. The third kappa shape index (κ3) is 3.14. The maximum Gasteiger partial charge on any atom is 0.255 e. The third-order valence-electron chi connectivity index (χ3n) is 4.61. The van der Waals surface area contributed by atoms with Crippen molar-refractivity contribution < 1.29 is 9.53 Å². The van der Waals surface area contributed by atoms with Crippen molar-refractivity contribution in [1.82, 2.24) is 5.32 Å². The number of carbonyl (C=O) groups is 1. The van der Waals surface area contributed by atoms with Gasteiger partial charge in [-0.2, -0.15) is 0 Å². The van der Waals surface area contributed by atoms with E-state index in [-0.39, 0.29) is 12.1 Å². The molecule has 1 amide bonds. The fourth-order valence-electron chi connectivity index (χ4n) is 3.23. The summed E-state index contributed by atoms with van der Waals surface area (Å²) in [4.78, 5) is 14.5. The molecule has 3 aromatic carbocycles. The van der Waals surface area contributed by atoms with E-state index in [1.165, 1.54) is 0 Å². The molecule has 0 saturated heterocycles. The normalized spacial score (nSPS) is 16.0. The minimum absolute atomic E-state index is 0.0562. The second kappa shape index (κ2) is 6.92. The Morgan fingerprint density at radius 1 is 0.962 bits per heavy atom. The van der Waals surface area contributed by atoms with Gasteiger partial charge in [-0.05, 0) is 35.4 Å². The monoisotopic (exact) mass is 344 g/mol. The van der Waals surface area contributed by atoms with Crippen LogP contribution in [0.3, 0.4) is 0 Å². The average molecular weight is 344 g/mol.